The van der Waals surface area contributed by atoms with E-state index in [9.17, 15) is 14.4 Å². The van der Waals surface area contributed by atoms with Crippen molar-refractivity contribution in [3.63, 3.8) is 0 Å². The van der Waals surface area contributed by atoms with Crippen LogP contribution in [-0.4, -0.2) is 31.2 Å². The van der Waals surface area contributed by atoms with Crippen molar-refractivity contribution in [3.8, 4) is 11.3 Å². The van der Waals surface area contributed by atoms with Gasteiger partial charge in [0.25, 0.3) is 11.5 Å². The number of carbonyl (C=O) groups is 2. The van der Waals surface area contributed by atoms with Crippen LogP contribution in [0.5, 0.6) is 0 Å². The van der Waals surface area contributed by atoms with E-state index < -0.39 is 11.0 Å². The summed E-state index contributed by atoms with van der Waals surface area (Å²) in [6.07, 6.45) is 4.01. The topological polar surface area (TPSA) is 112 Å². The summed E-state index contributed by atoms with van der Waals surface area (Å²) in [5, 5.41) is 11.3. The Bertz CT molecular complexity index is 1490. The van der Waals surface area contributed by atoms with Crippen LogP contribution < -0.4 is 10.9 Å². The molecule has 0 aliphatic carbocycles. The third kappa shape index (κ3) is 5.24. The van der Waals surface area contributed by atoms with Crippen LogP contribution in [0.2, 0.25) is 4.34 Å². The number of Topliss-reactive ketones (excluding diaryl/α,β-unsaturated/α-hetero) is 1. The summed E-state index contributed by atoms with van der Waals surface area (Å²) in [5.41, 5.74) is 0.0903. The number of aromatic nitrogens is 4. The van der Waals surface area contributed by atoms with Crippen molar-refractivity contribution in [2.45, 2.75) is 33.9 Å². The molecule has 4 heterocycles. The Morgan fingerprint density at radius 3 is 2.64 bits per heavy atom. The molecule has 0 unspecified atom stereocenters. The molecule has 0 radical (unpaired) electrons. The third-order valence-corrected chi connectivity index (χ3v) is 6.60. The summed E-state index contributed by atoms with van der Waals surface area (Å²) >= 11 is 7.46. The van der Waals surface area contributed by atoms with Crippen molar-refractivity contribution in [3.05, 3.63) is 80.2 Å². The zero-order chi connectivity index (χ0) is 26.0. The molecule has 1 N–H and O–H groups in total. The maximum Gasteiger partial charge on any atom is 0.260 e. The van der Waals surface area contributed by atoms with E-state index >= 15 is 0 Å². The third-order valence-electron chi connectivity index (χ3n) is 5.37. The van der Waals surface area contributed by atoms with E-state index in [4.69, 9.17) is 16.1 Å². The molecule has 4 aromatic rings. The average Bonchev–Trinajstić information content (AvgIpc) is 3.59. The molecule has 0 aliphatic heterocycles. The maximum atomic E-state index is 13.5. The van der Waals surface area contributed by atoms with Crippen LogP contribution in [0.4, 0.5) is 5.82 Å². The number of anilines is 1. The van der Waals surface area contributed by atoms with Gasteiger partial charge in [-0.1, -0.05) is 44.1 Å². The van der Waals surface area contributed by atoms with E-state index in [2.05, 4.69) is 22.2 Å². The van der Waals surface area contributed by atoms with Gasteiger partial charge in [-0.2, -0.15) is 9.78 Å². The fourth-order valence-corrected chi connectivity index (χ4v) is 4.47. The van der Waals surface area contributed by atoms with E-state index in [1.807, 2.05) is 6.07 Å². The van der Waals surface area contributed by atoms with Gasteiger partial charge >= 0.3 is 0 Å². The van der Waals surface area contributed by atoms with Crippen LogP contribution in [0.1, 0.15) is 46.5 Å². The first kappa shape index (κ1) is 25.3. The second-order valence-corrected chi connectivity index (χ2v) is 10.8. The summed E-state index contributed by atoms with van der Waals surface area (Å²) in [7, 11) is 0. The van der Waals surface area contributed by atoms with Gasteiger partial charge in [0.2, 0.25) is 0 Å². The highest BCUT2D eigenvalue weighted by molar-refractivity contribution is 7.16. The Morgan fingerprint density at radius 1 is 1.25 bits per heavy atom. The van der Waals surface area contributed by atoms with Gasteiger partial charge in [0.05, 0.1) is 34.7 Å². The molecule has 0 spiro atoms. The lowest BCUT2D eigenvalue weighted by Gasteiger charge is -2.18. The fraction of sp³-hybridized carbons (Fsp3) is 0.240. The molecule has 186 valence electrons. The molecule has 0 saturated heterocycles. The van der Waals surface area contributed by atoms with Gasteiger partial charge in [-0.15, -0.1) is 11.3 Å². The highest BCUT2D eigenvalue weighted by Crippen LogP contribution is 2.27. The smallest absolute Gasteiger partial charge is 0.260 e. The number of thiophene rings is 1. The predicted molar refractivity (Wildman–Crippen MR) is 140 cm³/mol. The summed E-state index contributed by atoms with van der Waals surface area (Å²) in [6, 6.07) is 8.63. The molecule has 0 fully saturated rings. The van der Waals surface area contributed by atoms with Gasteiger partial charge in [0.1, 0.15) is 17.8 Å². The molecular formula is C25H24ClN5O4S. The van der Waals surface area contributed by atoms with Gasteiger partial charge in [-0.05, 0) is 30.3 Å². The van der Waals surface area contributed by atoms with E-state index in [1.165, 1.54) is 39.1 Å². The number of hydrogen-bond acceptors (Lipinski definition) is 8. The number of ketones is 1. The van der Waals surface area contributed by atoms with Gasteiger partial charge in [-0.3, -0.25) is 14.4 Å². The van der Waals surface area contributed by atoms with E-state index in [0.29, 0.717) is 28.1 Å². The van der Waals surface area contributed by atoms with Crippen LogP contribution in [0.3, 0.4) is 0 Å². The molecule has 4 aromatic heterocycles. The van der Waals surface area contributed by atoms with Gasteiger partial charge in [-0.25, -0.2) is 0 Å². The quantitative estimate of drug-likeness (QED) is 0.313. The van der Waals surface area contributed by atoms with Crippen LogP contribution in [0.25, 0.3) is 17.3 Å². The minimum Gasteiger partial charge on any atom is -0.365 e. The van der Waals surface area contributed by atoms with Crippen molar-refractivity contribution in [2.75, 3.05) is 5.32 Å². The van der Waals surface area contributed by atoms with Gasteiger partial charge < -0.3 is 14.4 Å². The van der Waals surface area contributed by atoms with Crippen LogP contribution in [0.15, 0.2) is 58.7 Å². The number of pyridine rings is 1. The minimum absolute atomic E-state index is 0.235. The highest BCUT2D eigenvalue weighted by atomic mass is 35.5. The molecule has 11 heteroatoms. The lowest BCUT2D eigenvalue weighted by atomic mass is 9.96. The lowest BCUT2D eigenvalue weighted by molar-refractivity contribution is 0.0752. The first-order chi connectivity index (χ1) is 17.1. The summed E-state index contributed by atoms with van der Waals surface area (Å²) in [4.78, 5) is 40.3. The summed E-state index contributed by atoms with van der Waals surface area (Å²) < 4.78 is 7.99. The minimum atomic E-state index is -0.718. The maximum absolute atomic E-state index is 13.5. The van der Waals surface area contributed by atoms with Crippen molar-refractivity contribution in [1.82, 2.24) is 19.5 Å². The summed E-state index contributed by atoms with van der Waals surface area (Å²) in [5.74, 6) is -0.149. The van der Waals surface area contributed by atoms with E-state index in [1.54, 1.807) is 45.0 Å². The fourth-order valence-electron chi connectivity index (χ4n) is 3.44. The van der Waals surface area contributed by atoms with Crippen molar-refractivity contribution in [2.24, 2.45) is 5.41 Å². The zero-order valence-corrected chi connectivity index (χ0v) is 21.5. The van der Waals surface area contributed by atoms with Crippen LogP contribution >= 0.6 is 22.9 Å². The highest BCUT2D eigenvalue weighted by Gasteiger charge is 2.27. The number of carbonyl (C=O) groups excluding carboxylic acids is 2. The summed E-state index contributed by atoms with van der Waals surface area (Å²) in [6.45, 7) is 9.31. The first-order valence-electron chi connectivity index (χ1n) is 11.0. The average molecular weight is 526 g/mol. The monoisotopic (exact) mass is 525 g/mol. The standard InChI is InChI=1S/C25H24ClN5O4S/c1-5-16-6-8-18(23(33)30(16)13-20(32)15-11-28-35-14-15)19-10-22(27-12-17-7-9-21(26)36-17)31(29-19)24(34)25(2,3)4/h5-11,14,27H,1,12-13H2,2-4H3. The molecule has 0 aliphatic rings. The number of hydrogen-bond donors (Lipinski definition) is 1. The van der Waals surface area contributed by atoms with E-state index in [-0.39, 0.29) is 29.4 Å². The molecule has 4 rings (SSSR count). The first-order valence-corrected chi connectivity index (χ1v) is 12.2. The van der Waals surface area contributed by atoms with E-state index in [0.717, 1.165) is 4.88 Å². The molecular weight excluding hydrogens is 502 g/mol. The van der Waals surface area contributed by atoms with Crippen molar-refractivity contribution < 1.29 is 14.1 Å². The molecule has 0 bridgehead atoms. The van der Waals surface area contributed by atoms with Crippen molar-refractivity contribution in [1.29, 1.82) is 0 Å². The molecule has 0 amide bonds. The Morgan fingerprint density at radius 2 is 2.03 bits per heavy atom. The zero-order valence-electron chi connectivity index (χ0n) is 19.9. The predicted octanol–water partition coefficient (Wildman–Crippen LogP) is 5.24. The van der Waals surface area contributed by atoms with Gasteiger partial charge in [0, 0.05) is 22.1 Å². The SMILES string of the molecule is C=Cc1ccc(-c2cc(NCc3ccc(Cl)s3)n(C(=O)C(C)(C)C)n2)c(=O)n1CC(=O)c1cnoc1. The Labute approximate surface area is 216 Å². The second kappa shape index (κ2) is 10.1. The molecule has 0 atom stereocenters. The molecule has 9 nitrogen and oxygen atoms in total. The Kier molecular flexibility index (Phi) is 7.09. The number of halogens is 1. The van der Waals surface area contributed by atoms with Gasteiger partial charge in [0.15, 0.2) is 5.78 Å². The largest absolute Gasteiger partial charge is 0.365 e. The Balaban J connectivity index is 1.75. The van der Waals surface area contributed by atoms with Crippen LogP contribution in [0, 0.1) is 5.41 Å². The van der Waals surface area contributed by atoms with Crippen LogP contribution in [-0.2, 0) is 13.1 Å². The van der Waals surface area contributed by atoms with Crippen molar-refractivity contribution >= 4 is 46.5 Å². The molecule has 0 aromatic carbocycles. The number of nitrogens with zero attached hydrogens (tertiary/aromatic N) is 4. The normalized spacial score (nSPS) is 11.4. The Hall–Kier alpha value is -3.76. The number of nitrogens with one attached hydrogen (secondary N) is 1. The lowest BCUT2D eigenvalue weighted by Crippen LogP contribution is -2.29. The molecule has 36 heavy (non-hydrogen) atoms. The second-order valence-electron chi connectivity index (χ2n) is 9.04. The molecule has 0 saturated carbocycles. The number of rotatable bonds is 8.